The molecule has 1 heterocycles. The molecule has 5 heteroatoms. The molecule has 3 aromatic rings. The lowest BCUT2D eigenvalue weighted by Gasteiger charge is -2.09. The van der Waals surface area contributed by atoms with Crippen molar-refractivity contribution in [3.8, 4) is 5.75 Å². The second-order valence-corrected chi connectivity index (χ2v) is 6.58. The summed E-state index contributed by atoms with van der Waals surface area (Å²) < 4.78 is 7.96. The standard InChI is InChI=1S/C20H21N3OS/c1-3-12-23-16(2)21-22-20(23)25-15-18-10-7-11-19(13-18)24-14-17-8-5-4-6-9-17/h3-11,13H,1,12,14-15H2,2H3. The van der Waals surface area contributed by atoms with Crippen LogP contribution < -0.4 is 4.74 Å². The fraction of sp³-hybridized carbons (Fsp3) is 0.200. The van der Waals surface area contributed by atoms with Crippen molar-refractivity contribution in [1.82, 2.24) is 14.8 Å². The van der Waals surface area contributed by atoms with Gasteiger partial charge >= 0.3 is 0 Å². The number of rotatable bonds is 8. The minimum Gasteiger partial charge on any atom is -0.489 e. The first kappa shape index (κ1) is 17.3. The summed E-state index contributed by atoms with van der Waals surface area (Å²) >= 11 is 1.67. The Hall–Kier alpha value is -2.53. The minimum atomic E-state index is 0.574. The molecule has 0 unspecified atom stereocenters. The van der Waals surface area contributed by atoms with Crippen LogP contribution in [0.3, 0.4) is 0 Å². The maximum atomic E-state index is 5.90. The van der Waals surface area contributed by atoms with Gasteiger partial charge in [0.25, 0.3) is 0 Å². The minimum absolute atomic E-state index is 0.574. The van der Waals surface area contributed by atoms with E-state index in [4.69, 9.17) is 4.74 Å². The van der Waals surface area contributed by atoms with Gasteiger partial charge < -0.3 is 9.30 Å². The first-order valence-corrected chi connectivity index (χ1v) is 9.14. The van der Waals surface area contributed by atoms with Crippen LogP contribution in [-0.2, 0) is 18.9 Å². The third-order valence-electron chi connectivity index (χ3n) is 3.73. The van der Waals surface area contributed by atoms with Gasteiger partial charge in [0.2, 0.25) is 0 Å². The molecule has 0 radical (unpaired) electrons. The fourth-order valence-electron chi connectivity index (χ4n) is 2.42. The average Bonchev–Trinajstić information content (AvgIpc) is 3.00. The Morgan fingerprint density at radius 2 is 1.88 bits per heavy atom. The molecule has 0 aliphatic carbocycles. The van der Waals surface area contributed by atoms with Crippen LogP contribution in [0.5, 0.6) is 5.75 Å². The smallest absolute Gasteiger partial charge is 0.191 e. The number of aryl methyl sites for hydroxylation is 1. The van der Waals surface area contributed by atoms with Crippen molar-refractivity contribution in [2.24, 2.45) is 0 Å². The number of nitrogens with zero attached hydrogens (tertiary/aromatic N) is 3. The lowest BCUT2D eigenvalue weighted by atomic mass is 10.2. The van der Waals surface area contributed by atoms with Gasteiger partial charge in [0, 0.05) is 12.3 Å². The van der Waals surface area contributed by atoms with E-state index in [0.29, 0.717) is 6.61 Å². The Morgan fingerprint density at radius 3 is 2.68 bits per heavy atom. The first-order chi connectivity index (χ1) is 12.3. The number of allylic oxidation sites excluding steroid dienone is 1. The van der Waals surface area contributed by atoms with Gasteiger partial charge in [-0.15, -0.1) is 16.8 Å². The summed E-state index contributed by atoms with van der Waals surface area (Å²) in [5.41, 5.74) is 2.36. The Labute approximate surface area is 152 Å². The molecular weight excluding hydrogens is 330 g/mol. The summed E-state index contributed by atoms with van der Waals surface area (Å²) in [5.74, 6) is 2.60. The third-order valence-corrected chi connectivity index (χ3v) is 4.77. The molecule has 4 nitrogen and oxygen atoms in total. The van der Waals surface area contributed by atoms with Crippen LogP contribution in [0.2, 0.25) is 0 Å². The van der Waals surface area contributed by atoms with E-state index in [-0.39, 0.29) is 0 Å². The first-order valence-electron chi connectivity index (χ1n) is 8.15. The van der Waals surface area contributed by atoms with Crippen molar-refractivity contribution in [1.29, 1.82) is 0 Å². The molecule has 128 valence electrons. The number of thioether (sulfide) groups is 1. The van der Waals surface area contributed by atoms with Crippen molar-refractivity contribution < 1.29 is 4.74 Å². The van der Waals surface area contributed by atoms with Crippen LogP contribution >= 0.6 is 11.8 Å². The van der Waals surface area contributed by atoms with Gasteiger partial charge in [-0.3, -0.25) is 0 Å². The van der Waals surface area contributed by atoms with E-state index in [2.05, 4.69) is 45.6 Å². The molecule has 0 aliphatic rings. The molecule has 1 aromatic heterocycles. The number of hydrogen-bond donors (Lipinski definition) is 0. The highest BCUT2D eigenvalue weighted by atomic mass is 32.2. The van der Waals surface area contributed by atoms with Gasteiger partial charge in [-0.25, -0.2) is 0 Å². The number of aromatic nitrogens is 3. The Kier molecular flexibility index (Phi) is 5.90. The highest BCUT2D eigenvalue weighted by Crippen LogP contribution is 2.24. The molecule has 0 saturated carbocycles. The SMILES string of the molecule is C=CCn1c(C)nnc1SCc1cccc(OCc2ccccc2)c1. The predicted molar refractivity (Wildman–Crippen MR) is 102 cm³/mol. The molecular formula is C20H21N3OS. The molecule has 0 bridgehead atoms. The molecule has 0 spiro atoms. The molecule has 25 heavy (non-hydrogen) atoms. The fourth-order valence-corrected chi connectivity index (χ4v) is 3.36. The molecule has 0 saturated heterocycles. The Balaban J connectivity index is 1.61. The highest BCUT2D eigenvalue weighted by molar-refractivity contribution is 7.98. The zero-order chi connectivity index (χ0) is 17.5. The van der Waals surface area contributed by atoms with Gasteiger partial charge in [0.15, 0.2) is 5.16 Å². The summed E-state index contributed by atoms with van der Waals surface area (Å²) in [5, 5.41) is 9.30. The average molecular weight is 351 g/mol. The van der Waals surface area contributed by atoms with E-state index >= 15 is 0 Å². The van der Waals surface area contributed by atoms with Crippen LogP contribution in [0.4, 0.5) is 0 Å². The van der Waals surface area contributed by atoms with E-state index < -0.39 is 0 Å². The van der Waals surface area contributed by atoms with Crippen LogP contribution in [0.15, 0.2) is 72.4 Å². The lowest BCUT2D eigenvalue weighted by molar-refractivity contribution is 0.306. The molecule has 0 aliphatic heterocycles. The monoisotopic (exact) mass is 351 g/mol. The van der Waals surface area contributed by atoms with Crippen molar-refractivity contribution >= 4 is 11.8 Å². The largest absolute Gasteiger partial charge is 0.489 e. The van der Waals surface area contributed by atoms with Gasteiger partial charge in [-0.1, -0.05) is 60.3 Å². The van der Waals surface area contributed by atoms with Gasteiger partial charge in [0.1, 0.15) is 18.2 Å². The van der Waals surface area contributed by atoms with Crippen molar-refractivity contribution in [2.75, 3.05) is 0 Å². The molecule has 3 rings (SSSR count). The molecule has 0 atom stereocenters. The topological polar surface area (TPSA) is 39.9 Å². The van der Waals surface area contributed by atoms with Gasteiger partial charge in [-0.05, 0) is 30.2 Å². The summed E-state index contributed by atoms with van der Waals surface area (Å²) in [6, 6.07) is 18.4. The second kappa shape index (κ2) is 8.53. The summed E-state index contributed by atoms with van der Waals surface area (Å²) in [6.07, 6.45) is 1.86. The second-order valence-electron chi connectivity index (χ2n) is 5.64. The van der Waals surface area contributed by atoms with Crippen LogP contribution in [0.25, 0.3) is 0 Å². The Morgan fingerprint density at radius 1 is 1.08 bits per heavy atom. The predicted octanol–water partition coefficient (Wildman–Crippen LogP) is 4.64. The van der Waals surface area contributed by atoms with Crippen molar-refractivity contribution in [2.45, 2.75) is 31.0 Å². The maximum Gasteiger partial charge on any atom is 0.191 e. The number of hydrogen-bond acceptors (Lipinski definition) is 4. The zero-order valence-electron chi connectivity index (χ0n) is 14.3. The van der Waals surface area contributed by atoms with Crippen molar-refractivity contribution in [3.05, 3.63) is 84.2 Å². The van der Waals surface area contributed by atoms with E-state index in [9.17, 15) is 0 Å². The van der Waals surface area contributed by atoms with E-state index in [0.717, 1.165) is 34.6 Å². The van der Waals surface area contributed by atoms with E-state index in [1.54, 1.807) is 11.8 Å². The molecule has 0 N–H and O–H groups in total. The lowest BCUT2D eigenvalue weighted by Crippen LogP contribution is -2.00. The number of ether oxygens (including phenoxy) is 1. The summed E-state index contributed by atoms with van der Waals surface area (Å²) in [7, 11) is 0. The molecule has 0 fully saturated rings. The molecule has 0 amide bonds. The maximum absolute atomic E-state index is 5.90. The number of benzene rings is 2. The van der Waals surface area contributed by atoms with E-state index in [1.165, 1.54) is 5.56 Å². The van der Waals surface area contributed by atoms with Crippen LogP contribution in [0, 0.1) is 6.92 Å². The third kappa shape index (κ3) is 4.73. The Bertz CT molecular complexity index is 830. The summed E-state index contributed by atoms with van der Waals surface area (Å²) in [4.78, 5) is 0. The van der Waals surface area contributed by atoms with Crippen LogP contribution in [-0.4, -0.2) is 14.8 Å². The van der Waals surface area contributed by atoms with Gasteiger partial charge in [-0.2, -0.15) is 0 Å². The van der Waals surface area contributed by atoms with Crippen LogP contribution in [0.1, 0.15) is 17.0 Å². The zero-order valence-corrected chi connectivity index (χ0v) is 15.1. The van der Waals surface area contributed by atoms with Gasteiger partial charge in [0.05, 0.1) is 0 Å². The quantitative estimate of drug-likeness (QED) is 0.438. The highest BCUT2D eigenvalue weighted by Gasteiger charge is 2.08. The molecule has 2 aromatic carbocycles. The van der Waals surface area contributed by atoms with Crippen molar-refractivity contribution in [3.63, 3.8) is 0 Å². The normalized spacial score (nSPS) is 10.6. The summed E-state index contributed by atoms with van der Waals surface area (Å²) in [6.45, 7) is 7.05. The van der Waals surface area contributed by atoms with E-state index in [1.807, 2.05) is 43.3 Å².